The maximum atomic E-state index is 15.0. The second kappa shape index (κ2) is 11.1. The van der Waals surface area contributed by atoms with Crippen molar-refractivity contribution in [2.24, 2.45) is 0 Å². The average Bonchev–Trinajstić information content (AvgIpc) is 3.36. The van der Waals surface area contributed by atoms with E-state index in [0.717, 1.165) is 16.7 Å². The van der Waals surface area contributed by atoms with Gasteiger partial charge in [-0.05, 0) is 36.2 Å². The Balaban J connectivity index is 1.30. The summed E-state index contributed by atoms with van der Waals surface area (Å²) in [4.78, 5) is 29.4. The maximum absolute atomic E-state index is 15.0. The zero-order valence-electron chi connectivity index (χ0n) is 20.3. The van der Waals surface area contributed by atoms with Crippen LogP contribution in [0.25, 0.3) is 31.8 Å². The van der Waals surface area contributed by atoms with Crippen molar-refractivity contribution in [3.8, 4) is 22.2 Å². The molecule has 0 saturated heterocycles. The van der Waals surface area contributed by atoms with Crippen LogP contribution < -0.4 is 14.8 Å². The molecule has 3 heterocycles. The van der Waals surface area contributed by atoms with Gasteiger partial charge in [0.1, 0.15) is 28.8 Å². The van der Waals surface area contributed by atoms with Crippen LogP contribution in [0.4, 0.5) is 9.18 Å². The van der Waals surface area contributed by atoms with Crippen molar-refractivity contribution in [1.82, 2.24) is 25.3 Å². The molecule has 1 amide bonds. The molecule has 0 aliphatic carbocycles. The average molecular weight is 554 g/mol. The predicted molar refractivity (Wildman–Crippen MR) is 142 cm³/mol. The molecule has 0 aliphatic heterocycles. The van der Waals surface area contributed by atoms with Crippen LogP contribution in [-0.2, 0) is 11.3 Å². The van der Waals surface area contributed by atoms with E-state index < -0.39 is 11.9 Å². The largest absolute Gasteiger partial charge is 0.487 e. The topological polar surface area (TPSA) is 108 Å². The Morgan fingerprint density at radius 2 is 2.03 bits per heavy atom. The van der Waals surface area contributed by atoms with E-state index in [9.17, 15) is 9.18 Å². The Kier molecular flexibility index (Phi) is 7.47. The maximum Gasteiger partial charge on any atom is 0.407 e. The zero-order valence-corrected chi connectivity index (χ0v) is 21.9. The molecule has 38 heavy (non-hydrogen) atoms. The molecular weight excluding hydrogens is 533 g/mol. The Hall–Kier alpha value is -4.09. The first-order valence-electron chi connectivity index (χ1n) is 11.5. The normalized spacial score (nSPS) is 11.1. The number of hydrogen-bond donors (Lipinski definition) is 1. The van der Waals surface area contributed by atoms with Gasteiger partial charge in [0.15, 0.2) is 11.6 Å². The van der Waals surface area contributed by atoms with Crippen LogP contribution in [0.5, 0.6) is 11.6 Å². The summed E-state index contributed by atoms with van der Waals surface area (Å²) in [6, 6.07) is 8.98. The third kappa shape index (κ3) is 5.43. The van der Waals surface area contributed by atoms with E-state index in [2.05, 4.69) is 25.3 Å². The van der Waals surface area contributed by atoms with Crippen molar-refractivity contribution in [3.05, 3.63) is 70.9 Å². The summed E-state index contributed by atoms with van der Waals surface area (Å²) in [6.07, 6.45) is 4.20. The highest BCUT2D eigenvalue weighted by Gasteiger charge is 2.20. The number of nitrogens with one attached hydrogen (secondary N) is 1. The van der Waals surface area contributed by atoms with Crippen molar-refractivity contribution in [3.63, 3.8) is 0 Å². The lowest BCUT2D eigenvalue weighted by atomic mass is 10.1. The van der Waals surface area contributed by atoms with Crippen LogP contribution in [0, 0.1) is 12.7 Å². The summed E-state index contributed by atoms with van der Waals surface area (Å²) in [5.41, 5.74) is 4.16. The number of rotatable bonds is 8. The first-order valence-corrected chi connectivity index (χ1v) is 12.6. The van der Waals surface area contributed by atoms with Gasteiger partial charge in [0, 0.05) is 30.6 Å². The first kappa shape index (κ1) is 25.6. The van der Waals surface area contributed by atoms with Crippen LogP contribution >= 0.6 is 22.9 Å². The molecule has 2 aromatic carbocycles. The number of amides is 1. The third-order valence-corrected chi connectivity index (χ3v) is 6.86. The van der Waals surface area contributed by atoms with Gasteiger partial charge < -0.3 is 19.5 Å². The lowest BCUT2D eigenvalue weighted by Crippen LogP contribution is -2.25. The van der Waals surface area contributed by atoms with Crippen molar-refractivity contribution in [2.75, 3.05) is 20.3 Å². The first-order chi connectivity index (χ1) is 18.4. The molecule has 9 nitrogen and oxygen atoms in total. The van der Waals surface area contributed by atoms with Crippen LogP contribution in [0.2, 0.25) is 5.02 Å². The van der Waals surface area contributed by atoms with Crippen molar-refractivity contribution >= 4 is 50.3 Å². The minimum atomic E-state index is -0.740. The Morgan fingerprint density at radius 3 is 2.82 bits per heavy atom. The lowest BCUT2D eigenvalue weighted by molar-refractivity contribution is 0.123. The number of carbonyl (C=O) groups is 1. The fourth-order valence-corrected chi connectivity index (χ4v) is 5.04. The molecular formula is C26H21ClFN5O4S. The highest BCUT2D eigenvalue weighted by molar-refractivity contribution is 7.21. The Morgan fingerprint density at radius 1 is 1.16 bits per heavy atom. The second-order valence-corrected chi connectivity index (χ2v) is 9.57. The van der Waals surface area contributed by atoms with Gasteiger partial charge in [0.05, 0.1) is 29.0 Å². The molecule has 0 radical (unpaired) electrons. The van der Waals surface area contributed by atoms with E-state index in [1.54, 1.807) is 18.5 Å². The van der Waals surface area contributed by atoms with Crippen LogP contribution in [-0.4, -0.2) is 46.4 Å². The quantitative estimate of drug-likeness (QED) is 0.243. The van der Waals surface area contributed by atoms with E-state index in [4.69, 9.17) is 25.8 Å². The van der Waals surface area contributed by atoms with E-state index in [1.165, 1.54) is 30.7 Å². The lowest BCUT2D eigenvalue weighted by Gasteiger charge is -2.10. The summed E-state index contributed by atoms with van der Waals surface area (Å²) in [5.74, 6) is -0.397. The number of benzene rings is 2. The van der Waals surface area contributed by atoms with Crippen LogP contribution in [0.3, 0.4) is 0 Å². The number of hydrogen-bond acceptors (Lipinski definition) is 9. The molecule has 0 fully saturated rings. The fraction of sp³-hybridized carbons (Fsp3) is 0.192. The number of methoxy groups -OCH3 is 1. The molecule has 0 atom stereocenters. The molecule has 1 N–H and O–H groups in total. The number of carbonyl (C=O) groups excluding carboxylic acids is 1. The molecule has 5 rings (SSSR count). The molecule has 5 aromatic rings. The fourth-order valence-electron chi connectivity index (χ4n) is 3.73. The second-order valence-electron chi connectivity index (χ2n) is 8.16. The molecule has 3 aromatic heterocycles. The summed E-state index contributed by atoms with van der Waals surface area (Å²) in [7, 11) is 1.53. The van der Waals surface area contributed by atoms with Gasteiger partial charge in [-0.3, -0.25) is 4.98 Å². The number of halogens is 2. The van der Waals surface area contributed by atoms with Crippen molar-refractivity contribution < 1.29 is 23.4 Å². The highest BCUT2D eigenvalue weighted by Crippen LogP contribution is 2.40. The van der Waals surface area contributed by atoms with Gasteiger partial charge >= 0.3 is 6.09 Å². The Labute approximate surface area is 225 Å². The monoisotopic (exact) mass is 553 g/mol. The third-order valence-electron chi connectivity index (χ3n) is 5.47. The summed E-state index contributed by atoms with van der Waals surface area (Å²) in [6.45, 7) is 2.07. The van der Waals surface area contributed by atoms with Gasteiger partial charge in [-0.2, -0.15) is 0 Å². The number of thiazole rings is 1. The van der Waals surface area contributed by atoms with Gasteiger partial charge in [0.25, 0.3) is 0 Å². The number of fused-ring (bicyclic) bond motifs is 2. The minimum absolute atomic E-state index is 0.0595. The summed E-state index contributed by atoms with van der Waals surface area (Å²) in [5, 5.41) is 3.07. The summed E-state index contributed by atoms with van der Waals surface area (Å²) >= 11 is 7.66. The van der Waals surface area contributed by atoms with E-state index in [0.29, 0.717) is 32.1 Å². The van der Waals surface area contributed by atoms with E-state index >= 15 is 0 Å². The molecule has 0 saturated carbocycles. The predicted octanol–water partition coefficient (Wildman–Crippen LogP) is 5.72. The number of alkyl carbamates (subject to hydrolysis) is 1. The van der Waals surface area contributed by atoms with Gasteiger partial charge in [-0.1, -0.05) is 17.7 Å². The SMILES string of the molecule is COc1cnc2c(-c3nc4c(Cl)c(F)c(OCCOC(=O)NCc5cccnc5)cc4s3)cc(C)cc2n1. The number of pyridine rings is 1. The number of aryl methyl sites for hydroxylation is 1. The molecule has 0 bridgehead atoms. The highest BCUT2D eigenvalue weighted by atomic mass is 35.5. The van der Waals surface area contributed by atoms with E-state index in [-0.39, 0.29) is 30.5 Å². The molecule has 12 heteroatoms. The van der Waals surface area contributed by atoms with Gasteiger partial charge in [0.2, 0.25) is 5.88 Å². The van der Waals surface area contributed by atoms with Crippen LogP contribution in [0.15, 0.2) is 48.9 Å². The molecule has 0 unspecified atom stereocenters. The number of aromatic nitrogens is 4. The Bertz CT molecular complexity index is 1630. The number of nitrogens with zero attached hydrogens (tertiary/aromatic N) is 4. The minimum Gasteiger partial charge on any atom is -0.487 e. The van der Waals surface area contributed by atoms with Crippen molar-refractivity contribution in [1.29, 1.82) is 0 Å². The molecule has 194 valence electrons. The standard InChI is InChI=1S/C26H21ClFN5O4S/c1-14-8-16(23-17(9-14)32-20(35-2)13-30-23)25-33-24-19(38-25)10-18(22(28)21(24)27)36-6-7-37-26(34)31-12-15-4-3-5-29-11-15/h3-5,8-11,13H,6-7,12H2,1-2H3,(H,31,34). The van der Waals surface area contributed by atoms with Crippen molar-refractivity contribution in [2.45, 2.75) is 13.5 Å². The molecule has 0 spiro atoms. The smallest absolute Gasteiger partial charge is 0.407 e. The van der Waals surface area contributed by atoms with Gasteiger partial charge in [-0.15, -0.1) is 11.3 Å². The number of ether oxygens (including phenoxy) is 3. The van der Waals surface area contributed by atoms with Crippen LogP contribution in [0.1, 0.15) is 11.1 Å². The van der Waals surface area contributed by atoms with Gasteiger partial charge in [-0.25, -0.2) is 24.1 Å². The molecule has 0 aliphatic rings. The zero-order chi connectivity index (χ0) is 26.6. The summed E-state index contributed by atoms with van der Waals surface area (Å²) < 4.78 is 31.4. The van der Waals surface area contributed by atoms with E-state index in [1.807, 2.05) is 25.1 Å².